The van der Waals surface area contributed by atoms with Gasteiger partial charge in [0.15, 0.2) is 0 Å². The highest BCUT2D eigenvalue weighted by Gasteiger charge is 2.37. The fourth-order valence-electron chi connectivity index (χ4n) is 4.93. The topological polar surface area (TPSA) is 49.4 Å². The van der Waals surface area contributed by atoms with Crippen LogP contribution >= 0.6 is 0 Å². The van der Waals surface area contributed by atoms with E-state index in [-0.39, 0.29) is 29.6 Å². The molecule has 4 rings (SSSR count). The summed E-state index contributed by atoms with van der Waals surface area (Å²) in [6, 6.07) is 18.3. The predicted molar refractivity (Wildman–Crippen MR) is 120 cm³/mol. The van der Waals surface area contributed by atoms with Gasteiger partial charge in [0.1, 0.15) is 0 Å². The van der Waals surface area contributed by atoms with E-state index in [1.165, 1.54) is 11.1 Å². The number of rotatable bonds is 5. The smallest absolute Gasteiger partial charge is 0.229 e. The molecule has 2 aromatic carbocycles. The van der Waals surface area contributed by atoms with Crippen LogP contribution in [0.2, 0.25) is 0 Å². The molecule has 0 bridgehead atoms. The summed E-state index contributed by atoms with van der Waals surface area (Å²) in [6.45, 7) is 3.40. The summed E-state index contributed by atoms with van der Waals surface area (Å²) in [5.74, 6) is 0.408. The van der Waals surface area contributed by atoms with Gasteiger partial charge in [-0.15, -0.1) is 0 Å². The van der Waals surface area contributed by atoms with Crippen LogP contribution in [0.1, 0.15) is 56.1 Å². The van der Waals surface area contributed by atoms with Gasteiger partial charge in [0, 0.05) is 30.6 Å². The van der Waals surface area contributed by atoms with E-state index >= 15 is 0 Å². The number of carbonyl (C=O) groups is 2. The first-order chi connectivity index (χ1) is 14.6. The van der Waals surface area contributed by atoms with Crippen molar-refractivity contribution in [3.05, 3.63) is 65.7 Å². The van der Waals surface area contributed by atoms with Crippen molar-refractivity contribution < 1.29 is 9.59 Å². The molecule has 0 radical (unpaired) electrons. The molecule has 1 heterocycles. The molecule has 4 nitrogen and oxygen atoms in total. The second kappa shape index (κ2) is 9.46. The summed E-state index contributed by atoms with van der Waals surface area (Å²) in [7, 11) is 0. The Morgan fingerprint density at radius 1 is 0.933 bits per heavy atom. The van der Waals surface area contributed by atoms with Crippen molar-refractivity contribution in [3.63, 3.8) is 0 Å². The third-order valence-electron chi connectivity index (χ3n) is 6.74. The van der Waals surface area contributed by atoms with E-state index in [2.05, 4.69) is 36.5 Å². The number of nitrogens with one attached hydrogen (secondary N) is 1. The van der Waals surface area contributed by atoms with Gasteiger partial charge < -0.3 is 10.2 Å². The molecule has 2 amide bonds. The van der Waals surface area contributed by atoms with Gasteiger partial charge in [-0.1, -0.05) is 62.2 Å². The summed E-state index contributed by atoms with van der Waals surface area (Å²) < 4.78 is 0. The van der Waals surface area contributed by atoms with Crippen LogP contribution in [0.3, 0.4) is 0 Å². The number of nitrogens with zero attached hydrogens (tertiary/aromatic N) is 1. The lowest BCUT2D eigenvalue weighted by Crippen LogP contribution is -2.48. The Morgan fingerprint density at radius 3 is 2.30 bits per heavy atom. The zero-order valence-electron chi connectivity index (χ0n) is 17.8. The van der Waals surface area contributed by atoms with Crippen molar-refractivity contribution in [1.29, 1.82) is 0 Å². The molecule has 4 heteroatoms. The Morgan fingerprint density at radius 2 is 1.63 bits per heavy atom. The summed E-state index contributed by atoms with van der Waals surface area (Å²) in [6.07, 6.45) is 6.06. The van der Waals surface area contributed by atoms with E-state index in [9.17, 15) is 9.59 Å². The fraction of sp³-hybridized carbons (Fsp3) is 0.462. The number of piperidine rings is 1. The number of hydrogen-bond donors (Lipinski definition) is 1. The highest BCUT2D eigenvalue weighted by molar-refractivity contribution is 5.93. The van der Waals surface area contributed by atoms with Crippen LogP contribution in [-0.4, -0.2) is 29.8 Å². The lowest BCUT2D eigenvalue weighted by molar-refractivity contribution is -0.138. The molecular formula is C26H32N2O2. The third-order valence-corrected chi connectivity index (χ3v) is 6.74. The Kier molecular flexibility index (Phi) is 6.51. The monoisotopic (exact) mass is 404 g/mol. The van der Waals surface area contributed by atoms with E-state index < -0.39 is 0 Å². The van der Waals surface area contributed by atoms with Gasteiger partial charge >= 0.3 is 0 Å². The quantitative estimate of drug-likeness (QED) is 0.761. The minimum absolute atomic E-state index is 0.0142. The number of likely N-dealkylation sites (tertiary alicyclic amines) is 1. The molecule has 158 valence electrons. The third kappa shape index (κ3) is 4.75. The maximum Gasteiger partial charge on any atom is 0.229 e. The Labute approximate surface area is 179 Å². The lowest BCUT2D eigenvalue weighted by atomic mass is 9.83. The van der Waals surface area contributed by atoms with Crippen molar-refractivity contribution in [1.82, 2.24) is 4.90 Å². The average Bonchev–Trinajstić information content (AvgIpc) is 3.34. The van der Waals surface area contributed by atoms with E-state index in [1.54, 1.807) is 0 Å². The highest BCUT2D eigenvalue weighted by Crippen LogP contribution is 2.34. The first-order valence-electron chi connectivity index (χ1n) is 11.4. The summed E-state index contributed by atoms with van der Waals surface area (Å²) >= 11 is 0. The Bertz CT molecular complexity index is 856. The van der Waals surface area contributed by atoms with Gasteiger partial charge in [0.2, 0.25) is 11.8 Å². The maximum absolute atomic E-state index is 13.2. The van der Waals surface area contributed by atoms with Crippen molar-refractivity contribution in [2.75, 3.05) is 18.4 Å². The minimum Gasteiger partial charge on any atom is -0.341 e. The standard InChI is InChI=1S/C26H32N2O2/c1-2-19-12-14-20(15-13-19)22-16-23(25(29)27-24-10-4-3-5-11-24)18-28(17-22)26(30)21-8-6-7-9-21/h3-5,10-15,21-23H,2,6-9,16-18H2,1H3,(H,27,29). The van der Waals surface area contributed by atoms with Crippen molar-refractivity contribution >= 4 is 17.5 Å². The molecule has 2 aliphatic rings. The Hall–Kier alpha value is -2.62. The lowest BCUT2D eigenvalue weighted by Gasteiger charge is -2.38. The highest BCUT2D eigenvalue weighted by atomic mass is 16.2. The minimum atomic E-state index is -0.194. The second-order valence-electron chi connectivity index (χ2n) is 8.80. The molecule has 1 aliphatic heterocycles. The molecule has 1 saturated heterocycles. The molecular weight excluding hydrogens is 372 g/mol. The van der Waals surface area contributed by atoms with Crippen molar-refractivity contribution in [2.45, 2.75) is 51.4 Å². The zero-order chi connectivity index (χ0) is 20.9. The molecule has 0 aromatic heterocycles. The van der Waals surface area contributed by atoms with Gasteiger partial charge in [0.25, 0.3) is 0 Å². The van der Waals surface area contributed by atoms with Gasteiger partial charge in [-0.3, -0.25) is 9.59 Å². The summed E-state index contributed by atoms with van der Waals surface area (Å²) in [5, 5.41) is 3.05. The molecule has 1 saturated carbocycles. The number of amides is 2. The number of para-hydroxylation sites is 1. The first-order valence-corrected chi connectivity index (χ1v) is 11.4. The summed E-state index contributed by atoms with van der Waals surface area (Å²) in [5.41, 5.74) is 3.35. The van der Waals surface area contributed by atoms with E-state index in [4.69, 9.17) is 0 Å². The van der Waals surface area contributed by atoms with Gasteiger partial charge in [-0.25, -0.2) is 0 Å². The van der Waals surface area contributed by atoms with Gasteiger partial charge in [0.05, 0.1) is 5.92 Å². The molecule has 2 fully saturated rings. The molecule has 30 heavy (non-hydrogen) atoms. The molecule has 0 spiro atoms. The van der Waals surface area contributed by atoms with Crippen LogP contribution < -0.4 is 5.32 Å². The second-order valence-corrected chi connectivity index (χ2v) is 8.80. The predicted octanol–water partition coefficient (Wildman–Crippen LogP) is 5.01. The number of benzene rings is 2. The van der Waals surface area contributed by atoms with Crippen molar-refractivity contribution in [2.24, 2.45) is 11.8 Å². The largest absolute Gasteiger partial charge is 0.341 e. The van der Waals surface area contributed by atoms with E-state index in [0.717, 1.165) is 50.8 Å². The van der Waals surface area contributed by atoms with Crippen LogP contribution in [0.5, 0.6) is 0 Å². The maximum atomic E-state index is 13.2. The van der Waals surface area contributed by atoms with Gasteiger partial charge in [-0.05, 0) is 48.9 Å². The Balaban J connectivity index is 1.53. The number of anilines is 1. The average molecular weight is 405 g/mol. The van der Waals surface area contributed by atoms with Crippen LogP contribution in [0.4, 0.5) is 5.69 Å². The van der Waals surface area contributed by atoms with Gasteiger partial charge in [-0.2, -0.15) is 0 Å². The van der Waals surface area contributed by atoms with Crippen LogP contribution in [0.15, 0.2) is 54.6 Å². The van der Waals surface area contributed by atoms with Crippen LogP contribution in [0.25, 0.3) is 0 Å². The number of aryl methyl sites for hydroxylation is 1. The first kappa shape index (κ1) is 20.6. The zero-order valence-corrected chi connectivity index (χ0v) is 17.8. The molecule has 2 aromatic rings. The van der Waals surface area contributed by atoms with Crippen LogP contribution in [0, 0.1) is 11.8 Å². The molecule has 1 aliphatic carbocycles. The van der Waals surface area contributed by atoms with E-state index in [0.29, 0.717) is 6.54 Å². The fourth-order valence-corrected chi connectivity index (χ4v) is 4.93. The molecule has 1 N–H and O–H groups in total. The number of carbonyl (C=O) groups excluding carboxylic acids is 2. The SMILES string of the molecule is CCc1ccc(C2CC(C(=O)Nc3ccccc3)CN(C(=O)C3CCCC3)C2)cc1. The number of hydrogen-bond acceptors (Lipinski definition) is 2. The van der Waals surface area contributed by atoms with E-state index in [1.807, 2.05) is 35.2 Å². The molecule has 2 unspecified atom stereocenters. The van der Waals surface area contributed by atoms with Crippen LogP contribution in [-0.2, 0) is 16.0 Å². The normalized spacial score (nSPS) is 22.1. The van der Waals surface area contributed by atoms with Crippen molar-refractivity contribution in [3.8, 4) is 0 Å². The molecule has 2 atom stereocenters. The summed E-state index contributed by atoms with van der Waals surface area (Å²) in [4.78, 5) is 28.3.